The Labute approximate surface area is 46.7 Å². The summed E-state index contributed by atoms with van der Waals surface area (Å²) in [4.78, 5) is 17.7. The molecule has 0 rings (SSSR count). The number of hydrogen-bond acceptors (Lipinski definition) is 2. The number of hydrogen-bond donors (Lipinski definition) is 2. The van der Waals surface area contributed by atoms with Crippen LogP contribution in [0.5, 0.6) is 0 Å². The van der Waals surface area contributed by atoms with Gasteiger partial charge in [-0.3, -0.25) is 9.59 Å². The van der Waals surface area contributed by atoms with E-state index < -0.39 is 5.97 Å². The van der Waals surface area contributed by atoms with Crippen molar-refractivity contribution < 1.29 is 14.7 Å². The summed E-state index contributed by atoms with van der Waals surface area (Å²) >= 11 is 3.11. The molecule has 4 heteroatoms. The lowest BCUT2D eigenvalue weighted by Crippen LogP contribution is -1.78. The molecule has 0 amide bonds. The highest BCUT2D eigenvalue weighted by molar-refractivity contribution is 7.94. The minimum absolute atomic E-state index is 0.444. The molecule has 0 saturated heterocycles. The molecule has 0 aromatic heterocycles. The lowest BCUT2D eigenvalue weighted by Gasteiger charge is -1.59. The van der Waals surface area contributed by atoms with Gasteiger partial charge in [0.05, 0.1) is 0 Å². The average Bonchev–Trinajstić information content (AvgIpc) is 1.33. The van der Waals surface area contributed by atoms with Crippen LogP contribution in [0.15, 0.2) is 0 Å². The van der Waals surface area contributed by atoms with Crippen LogP contribution in [0.2, 0.25) is 0 Å². The first-order valence-electron chi connectivity index (χ1n) is 1.42. The van der Waals surface area contributed by atoms with Crippen molar-refractivity contribution in [3.05, 3.63) is 0 Å². The summed E-state index contributed by atoms with van der Waals surface area (Å²) in [7, 11) is 0. The van der Waals surface area contributed by atoms with E-state index in [0.717, 1.165) is 6.92 Å². The van der Waals surface area contributed by atoms with Gasteiger partial charge in [-0.15, -0.1) is 12.6 Å². The molecule has 7 heavy (non-hydrogen) atoms. The maximum absolute atomic E-state index is 9.00. The molecule has 0 aliphatic rings. The summed E-state index contributed by atoms with van der Waals surface area (Å²) in [5, 5.41) is 7.42. The van der Waals surface area contributed by atoms with Crippen LogP contribution in [-0.2, 0) is 9.59 Å². The van der Waals surface area contributed by atoms with Crippen LogP contribution >= 0.6 is 12.6 Å². The molecule has 0 aromatic carbocycles. The average molecular weight is 122 g/mol. The maximum Gasteiger partial charge on any atom is 0.300 e. The fraction of sp³-hybridized carbons (Fsp3) is 0.333. The SMILES string of the molecule is CC(=O)O.O=CS. The smallest absolute Gasteiger partial charge is 0.300 e. The lowest BCUT2D eigenvalue weighted by atomic mass is 10.9. The van der Waals surface area contributed by atoms with Gasteiger partial charge in [0.2, 0.25) is 0 Å². The van der Waals surface area contributed by atoms with E-state index in [1.165, 1.54) is 0 Å². The first kappa shape index (κ1) is 9.70. The summed E-state index contributed by atoms with van der Waals surface area (Å²) in [5.74, 6) is -0.833. The van der Waals surface area contributed by atoms with Gasteiger partial charge in [-0.2, -0.15) is 0 Å². The van der Waals surface area contributed by atoms with E-state index in [0.29, 0.717) is 5.62 Å². The summed E-state index contributed by atoms with van der Waals surface area (Å²) in [6.45, 7) is 1.08. The zero-order valence-corrected chi connectivity index (χ0v) is 4.68. The number of carbonyl (C=O) groups is 2. The summed E-state index contributed by atoms with van der Waals surface area (Å²) in [6, 6.07) is 0. The predicted molar refractivity (Wildman–Crippen MR) is 29.0 cm³/mol. The molecule has 0 spiro atoms. The molecular formula is C3H6O3S. The van der Waals surface area contributed by atoms with Crippen LogP contribution in [-0.4, -0.2) is 16.7 Å². The minimum atomic E-state index is -0.833. The van der Waals surface area contributed by atoms with E-state index in [9.17, 15) is 0 Å². The van der Waals surface area contributed by atoms with Gasteiger partial charge in [0.25, 0.3) is 5.97 Å². The number of carboxylic acid groups (broad SMARTS) is 1. The first-order valence-corrected chi connectivity index (χ1v) is 1.94. The van der Waals surface area contributed by atoms with Gasteiger partial charge in [-0.1, -0.05) is 0 Å². The molecule has 3 nitrogen and oxygen atoms in total. The fourth-order valence-corrected chi connectivity index (χ4v) is 0. The third kappa shape index (κ3) is 257. The van der Waals surface area contributed by atoms with Crippen LogP contribution in [0.3, 0.4) is 0 Å². The number of carboxylic acids is 1. The number of aliphatic carboxylic acids is 1. The zero-order chi connectivity index (χ0) is 6.28. The molecule has 0 bridgehead atoms. The summed E-state index contributed by atoms with van der Waals surface area (Å²) in [5.41, 5.74) is 0.444. The first-order chi connectivity index (χ1) is 3.15. The van der Waals surface area contributed by atoms with Crippen LogP contribution in [0.4, 0.5) is 0 Å². The second-order valence-electron chi connectivity index (χ2n) is 0.624. The van der Waals surface area contributed by atoms with E-state index in [2.05, 4.69) is 12.6 Å². The van der Waals surface area contributed by atoms with Crippen molar-refractivity contribution in [1.29, 1.82) is 0 Å². The number of thiol groups is 1. The van der Waals surface area contributed by atoms with Crippen molar-refractivity contribution in [2.75, 3.05) is 0 Å². The summed E-state index contributed by atoms with van der Waals surface area (Å²) in [6.07, 6.45) is 0. The molecule has 0 saturated carbocycles. The molecule has 0 radical (unpaired) electrons. The Morgan fingerprint density at radius 1 is 1.86 bits per heavy atom. The molecule has 0 aliphatic heterocycles. The zero-order valence-electron chi connectivity index (χ0n) is 3.79. The van der Waals surface area contributed by atoms with Crippen LogP contribution in [0.25, 0.3) is 0 Å². The van der Waals surface area contributed by atoms with Crippen molar-refractivity contribution >= 4 is 24.2 Å². The van der Waals surface area contributed by atoms with Gasteiger partial charge in [0.1, 0.15) is 0 Å². The monoisotopic (exact) mass is 122 g/mol. The van der Waals surface area contributed by atoms with Gasteiger partial charge in [0.15, 0.2) is 5.62 Å². The van der Waals surface area contributed by atoms with Crippen molar-refractivity contribution in [2.45, 2.75) is 6.92 Å². The number of carbonyl (C=O) groups excluding carboxylic acids is 1. The lowest BCUT2D eigenvalue weighted by molar-refractivity contribution is -0.134. The van der Waals surface area contributed by atoms with E-state index in [1.54, 1.807) is 0 Å². The molecule has 0 heterocycles. The van der Waals surface area contributed by atoms with E-state index in [-0.39, 0.29) is 0 Å². The third-order valence-corrected chi connectivity index (χ3v) is 0. The highest BCUT2D eigenvalue weighted by atomic mass is 32.1. The second kappa shape index (κ2) is 9.09. The Kier molecular flexibility index (Phi) is 12.6. The molecule has 0 aliphatic carbocycles. The highest BCUT2D eigenvalue weighted by Crippen LogP contribution is 1.42. The standard InChI is InChI=1S/C2H4O2.CH2OS/c1-2(3)4;2-1-3/h1H3,(H,3,4);1H,(H,2,3). The normalized spacial score (nSPS) is 5.43. The molecule has 0 fully saturated rings. The molecule has 1 N–H and O–H groups in total. The van der Waals surface area contributed by atoms with Crippen LogP contribution in [0, 0.1) is 0 Å². The maximum atomic E-state index is 9.00. The van der Waals surface area contributed by atoms with Gasteiger partial charge >= 0.3 is 0 Å². The Morgan fingerprint density at radius 2 is 1.86 bits per heavy atom. The quantitative estimate of drug-likeness (QED) is 0.356. The van der Waals surface area contributed by atoms with E-state index in [4.69, 9.17) is 14.7 Å². The van der Waals surface area contributed by atoms with Crippen molar-refractivity contribution in [1.82, 2.24) is 0 Å². The fourth-order valence-electron chi connectivity index (χ4n) is 0. The second-order valence-corrected chi connectivity index (χ2v) is 0.835. The predicted octanol–water partition coefficient (Wildman–Crippen LogP) is 0.197. The Balaban J connectivity index is 0. The van der Waals surface area contributed by atoms with E-state index >= 15 is 0 Å². The molecule has 0 aromatic rings. The van der Waals surface area contributed by atoms with Crippen LogP contribution < -0.4 is 0 Å². The Bertz CT molecular complexity index is 57.2. The van der Waals surface area contributed by atoms with Crippen LogP contribution in [0.1, 0.15) is 6.92 Å². The van der Waals surface area contributed by atoms with Gasteiger partial charge in [-0.05, 0) is 0 Å². The van der Waals surface area contributed by atoms with Gasteiger partial charge < -0.3 is 5.11 Å². The largest absolute Gasteiger partial charge is 0.481 e. The van der Waals surface area contributed by atoms with Crippen molar-refractivity contribution in [3.8, 4) is 0 Å². The third-order valence-electron chi connectivity index (χ3n) is 0. The highest BCUT2D eigenvalue weighted by Gasteiger charge is 1.65. The van der Waals surface area contributed by atoms with Gasteiger partial charge in [-0.25, -0.2) is 0 Å². The number of rotatable bonds is 0. The molecule has 42 valence electrons. The Morgan fingerprint density at radius 3 is 1.86 bits per heavy atom. The Hall–Kier alpha value is -0.510. The molecule has 0 atom stereocenters. The summed E-state index contributed by atoms with van der Waals surface area (Å²) < 4.78 is 0. The molecular weight excluding hydrogens is 116 g/mol. The molecule has 0 unspecified atom stereocenters. The van der Waals surface area contributed by atoms with Crippen molar-refractivity contribution in [3.63, 3.8) is 0 Å². The van der Waals surface area contributed by atoms with Gasteiger partial charge in [0, 0.05) is 6.92 Å². The van der Waals surface area contributed by atoms with E-state index in [1.807, 2.05) is 0 Å². The minimum Gasteiger partial charge on any atom is -0.481 e. The topological polar surface area (TPSA) is 54.4 Å². The van der Waals surface area contributed by atoms with Crippen molar-refractivity contribution in [2.24, 2.45) is 0 Å².